The van der Waals surface area contributed by atoms with Crippen LogP contribution >= 0.6 is 0 Å². The molecule has 0 bridgehead atoms. The number of nitro groups is 1. The van der Waals surface area contributed by atoms with Gasteiger partial charge in [0.15, 0.2) is 0 Å². The van der Waals surface area contributed by atoms with E-state index < -0.39 is 10.5 Å². The first-order valence-electron chi connectivity index (χ1n) is 5.82. The Kier molecular flexibility index (Phi) is 4.44. The fraction of sp³-hybridized carbons (Fsp3) is 0.417. The zero-order valence-corrected chi connectivity index (χ0v) is 11.1. The van der Waals surface area contributed by atoms with Crippen LogP contribution in [0.1, 0.15) is 20.8 Å². The van der Waals surface area contributed by atoms with E-state index in [4.69, 9.17) is 0 Å². The highest BCUT2D eigenvalue weighted by molar-refractivity contribution is 5.98. The summed E-state index contributed by atoms with van der Waals surface area (Å²) in [6.45, 7) is 5.82. The molecule has 19 heavy (non-hydrogen) atoms. The molecule has 0 saturated carbocycles. The molecule has 0 fully saturated rings. The molecule has 0 aromatic heterocycles. The van der Waals surface area contributed by atoms with E-state index in [9.17, 15) is 20.0 Å². The van der Waals surface area contributed by atoms with Gasteiger partial charge in [-0.15, -0.1) is 0 Å². The van der Waals surface area contributed by atoms with Crippen molar-refractivity contribution in [1.82, 2.24) is 5.32 Å². The molecule has 0 unspecified atom stereocenters. The zero-order chi connectivity index (χ0) is 14.6. The van der Waals surface area contributed by atoms with Crippen LogP contribution in [0, 0.1) is 10.1 Å². The molecule has 7 nitrogen and oxygen atoms in total. The van der Waals surface area contributed by atoms with E-state index >= 15 is 0 Å². The molecule has 7 heteroatoms. The Morgan fingerprint density at radius 2 is 2.11 bits per heavy atom. The van der Waals surface area contributed by atoms with Crippen LogP contribution < -0.4 is 10.6 Å². The minimum Gasteiger partial charge on any atom is -0.506 e. The summed E-state index contributed by atoms with van der Waals surface area (Å²) in [6.07, 6.45) is 0. The zero-order valence-electron chi connectivity index (χ0n) is 11.1. The number of hydrogen-bond donors (Lipinski definition) is 3. The van der Waals surface area contributed by atoms with E-state index in [2.05, 4.69) is 10.6 Å². The fourth-order valence-corrected chi connectivity index (χ4v) is 1.54. The Morgan fingerprint density at radius 3 is 2.63 bits per heavy atom. The summed E-state index contributed by atoms with van der Waals surface area (Å²) in [4.78, 5) is 22.1. The van der Waals surface area contributed by atoms with E-state index in [1.165, 1.54) is 12.1 Å². The molecular formula is C12H17N3O4. The van der Waals surface area contributed by atoms with Crippen molar-refractivity contribution in [2.45, 2.75) is 26.3 Å². The standard InChI is InChI=1S/C12H17N3O4/c1-4-13-12(2,3)11(17)14-9-7-8(15(18)19)5-6-10(9)16/h5-7,13,16H,4H2,1-3H3,(H,14,17). The quantitative estimate of drug-likeness (QED) is 0.427. The Hall–Kier alpha value is -2.15. The third kappa shape index (κ3) is 3.65. The number of non-ortho nitro benzene ring substituents is 1. The van der Waals surface area contributed by atoms with Crippen LogP contribution in [0.2, 0.25) is 0 Å². The van der Waals surface area contributed by atoms with Gasteiger partial charge in [-0.1, -0.05) is 6.92 Å². The number of nitrogens with one attached hydrogen (secondary N) is 2. The number of likely N-dealkylation sites (N-methyl/N-ethyl adjacent to an activating group) is 1. The number of carbonyl (C=O) groups is 1. The molecule has 0 aliphatic heterocycles. The molecule has 0 aliphatic rings. The molecule has 0 spiro atoms. The van der Waals surface area contributed by atoms with Crippen LogP contribution in [0.15, 0.2) is 18.2 Å². The van der Waals surface area contributed by atoms with Crippen molar-refractivity contribution in [1.29, 1.82) is 0 Å². The topological polar surface area (TPSA) is 104 Å². The Balaban J connectivity index is 2.96. The average Bonchev–Trinajstić information content (AvgIpc) is 2.31. The highest BCUT2D eigenvalue weighted by Gasteiger charge is 2.27. The SMILES string of the molecule is CCNC(C)(C)C(=O)Nc1cc([N+](=O)[O-])ccc1O. The number of hydrogen-bond acceptors (Lipinski definition) is 5. The lowest BCUT2D eigenvalue weighted by Gasteiger charge is -2.24. The van der Waals surface area contributed by atoms with Gasteiger partial charge in [-0.2, -0.15) is 0 Å². The summed E-state index contributed by atoms with van der Waals surface area (Å²) in [5.41, 5.74) is -1.02. The van der Waals surface area contributed by atoms with Gasteiger partial charge >= 0.3 is 0 Å². The number of rotatable bonds is 5. The van der Waals surface area contributed by atoms with Gasteiger partial charge in [0.05, 0.1) is 16.1 Å². The Morgan fingerprint density at radius 1 is 1.47 bits per heavy atom. The summed E-state index contributed by atoms with van der Waals surface area (Å²) in [7, 11) is 0. The van der Waals surface area contributed by atoms with Gasteiger partial charge in [-0.3, -0.25) is 14.9 Å². The molecule has 1 rings (SSSR count). The minimum atomic E-state index is -0.841. The summed E-state index contributed by atoms with van der Waals surface area (Å²) in [5.74, 6) is -0.601. The monoisotopic (exact) mass is 267 g/mol. The van der Waals surface area contributed by atoms with Crippen molar-refractivity contribution >= 4 is 17.3 Å². The molecule has 0 aliphatic carbocycles. The molecule has 0 heterocycles. The number of nitro benzene ring substituents is 1. The smallest absolute Gasteiger partial charge is 0.271 e. The maximum atomic E-state index is 12.0. The van der Waals surface area contributed by atoms with Crippen LogP contribution in [-0.2, 0) is 4.79 Å². The van der Waals surface area contributed by atoms with Gasteiger partial charge in [0.25, 0.3) is 5.69 Å². The predicted octanol–water partition coefficient (Wildman–Crippen LogP) is 1.63. The van der Waals surface area contributed by atoms with E-state index in [1.807, 2.05) is 6.92 Å². The van der Waals surface area contributed by atoms with Gasteiger partial charge in [-0.25, -0.2) is 0 Å². The van der Waals surface area contributed by atoms with Gasteiger partial charge in [0.1, 0.15) is 5.75 Å². The average molecular weight is 267 g/mol. The highest BCUT2D eigenvalue weighted by Crippen LogP contribution is 2.28. The Bertz CT molecular complexity index is 500. The molecule has 0 radical (unpaired) electrons. The summed E-state index contributed by atoms with van der Waals surface area (Å²) in [6, 6.07) is 3.46. The second kappa shape index (κ2) is 5.66. The first-order chi connectivity index (χ1) is 8.77. The normalized spacial score (nSPS) is 11.1. The minimum absolute atomic E-state index is 0.0187. The van der Waals surface area contributed by atoms with Crippen LogP contribution in [-0.4, -0.2) is 28.0 Å². The summed E-state index contributed by atoms with van der Waals surface area (Å²) >= 11 is 0. The molecule has 3 N–H and O–H groups in total. The molecule has 104 valence electrons. The number of amides is 1. The van der Waals surface area contributed by atoms with Crippen LogP contribution in [0.4, 0.5) is 11.4 Å². The van der Waals surface area contributed by atoms with Crippen LogP contribution in [0.25, 0.3) is 0 Å². The number of phenols is 1. The van der Waals surface area contributed by atoms with E-state index in [-0.39, 0.29) is 23.0 Å². The first kappa shape index (κ1) is 14.9. The number of anilines is 1. The van der Waals surface area contributed by atoms with Crippen molar-refractivity contribution in [3.05, 3.63) is 28.3 Å². The van der Waals surface area contributed by atoms with Gasteiger partial charge < -0.3 is 15.7 Å². The number of nitrogens with zero attached hydrogens (tertiary/aromatic N) is 1. The molecule has 0 saturated heterocycles. The predicted molar refractivity (Wildman–Crippen MR) is 71.1 cm³/mol. The van der Waals surface area contributed by atoms with Crippen molar-refractivity contribution in [2.75, 3.05) is 11.9 Å². The third-order valence-corrected chi connectivity index (χ3v) is 2.63. The van der Waals surface area contributed by atoms with Crippen LogP contribution in [0.3, 0.4) is 0 Å². The van der Waals surface area contributed by atoms with Gasteiger partial charge in [-0.05, 0) is 26.5 Å². The highest BCUT2D eigenvalue weighted by atomic mass is 16.6. The van der Waals surface area contributed by atoms with E-state index in [0.29, 0.717) is 6.54 Å². The second-order valence-corrected chi connectivity index (χ2v) is 4.57. The summed E-state index contributed by atoms with van der Waals surface area (Å²) < 4.78 is 0. The number of benzene rings is 1. The number of phenolic OH excluding ortho intramolecular Hbond substituents is 1. The van der Waals surface area contributed by atoms with Crippen molar-refractivity contribution in [3.8, 4) is 5.75 Å². The molecule has 0 atom stereocenters. The van der Waals surface area contributed by atoms with E-state index in [0.717, 1.165) is 6.07 Å². The maximum Gasteiger partial charge on any atom is 0.271 e. The molecular weight excluding hydrogens is 250 g/mol. The van der Waals surface area contributed by atoms with Crippen molar-refractivity contribution in [3.63, 3.8) is 0 Å². The first-order valence-corrected chi connectivity index (χ1v) is 5.82. The van der Waals surface area contributed by atoms with Crippen molar-refractivity contribution in [2.24, 2.45) is 0 Å². The molecule has 1 aromatic rings. The van der Waals surface area contributed by atoms with Gasteiger partial charge in [0, 0.05) is 12.1 Å². The molecule has 1 amide bonds. The Labute approximate surface area is 110 Å². The maximum absolute atomic E-state index is 12.0. The summed E-state index contributed by atoms with van der Waals surface area (Å²) in [5, 5.41) is 25.7. The largest absolute Gasteiger partial charge is 0.506 e. The third-order valence-electron chi connectivity index (χ3n) is 2.63. The molecule has 1 aromatic carbocycles. The van der Waals surface area contributed by atoms with Crippen molar-refractivity contribution < 1.29 is 14.8 Å². The number of aromatic hydroxyl groups is 1. The lowest BCUT2D eigenvalue weighted by Crippen LogP contribution is -2.49. The number of carbonyl (C=O) groups excluding carboxylic acids is 1. The lowest BCUT2D eigenvalue weighted by molar-refractivity contribution is -0.384. The lowest BCUT2D eigenvalue weighted by atomic mass is 10.0. The van der Waals surface area contributed by atoms with E-state index in [1.54, 1.807) is 13.8 Å². The second-order valence-electron chi connectivity index (χ2n) is 4.57. The van der Waals surface area contributed by atoms with Crippen LogP contribution in [0.5, 0.6) is 5.75 Å². The van der Waals surface area contributed by atoms with Gasteiger partial charge in [0.2, 0.25) is 5.91 Å². The fourth-order valence-electron chi connectivity index (χ4n) is 1.54.